The number of nitro groups is 1. The fraction of sp³-hybridized carbons (Fsp3) is 0.273. The molecule has 1 aromatic rings. The summed E-state index contributed by atoms with van der Waals surface area (Å²) in [6.07, 6.45) is 0. The van der Waals surface area contributed by atoms with E-state index in [2.05, 4.69) is 15.4 Å². The summed E-state index contributed by atoms with van der Waals surface area (Å²) < 4.78 is 4.44. The normalized spacial score (nSPS) is 11.3. The van der Waals surface area contributed by atoms with E-state index in [0.717, 1.165) is 0 Å². The number of hydrogen-bond acceptors (Lipinski definition) is 5. The maximum Gasteiger partial charge on any atom is 0.328 e. The Bertz CT molecular complexity index is 503. The van der Waals surface area contributed by atoms with Crippen molar-refractivity contribution in [1.29, 1.82) is 0 Å². The number of benzene rings is 1. The number of rotatable bonds is 4. The van der Waals surface area contributed by atoms with Gasteiger partial charge in [0.25, 0.3) is 5.69 Å². The maximum atomic E-state index is 11.5. The zero-order valence-corrected chi connectivity index (χ0v) is 10.4. The first-order chi connectivity index (χ1) is 8.93. The number of carbonyl (C=O) groups excluding carboxylic acids is 2. The molecule has 0 heterocycles. The molecule has 0 fully saturated rings. The van der Waals surface area contributed by atoms with E-state index in [1.165, 1.54) is 38.3 Å². The summed E-state index contributed by atoms with van der Waals surface area (Å²) in [4.78, 5) is 32.6. The number of ether oxygens (including phenoxy) is 1. The smallest absolute Gasteiger partial charge is 0.328 e. The van der Waals surface area contributed by atoms with Crippen LogP contribution in [-0.4, -0.2) is 30.1 Å². The third kappa shape index (κ3) is 4.26. The second-order valence-electron chi connectivity index (χ2n) is 3.65. The number of hydrogen-bond donors (Lipinski definition) is 2. The standard InChI is InChI=1S/C11H13N3O5/c1-7(10(15)19-2)12-11(16)13-8-4-3-5-9(6-8)14(17)18/h3-7H,1-2H3,(H2,12,13,16). The Labute approximate surface area is 108 Å². The number of amides is 2. The molecule has 8 nitrogen and oxygen atoms in total. The molecule has 0 radical (unpaired) electrons. The Balaban J connectivity index is 2.64. The lowest BCUT2D eigenvalue weighted by Crippen LogP contribution is -2.41. The van der Waals surface area contributed by atoms with Crippen LogP contribution in [0.25, 0.3) is 0 Å². The summed E-state index contributed by atoms with van der Waals surface area (Å²) in [5.41, 5.74) is 0.114. The minimum atomic E-state index is -0.816. The van der Waals surface area contributed by atoms with E-state index in [1.807, 2.05) is 0 Å². The lowest BCUT2D eigenvalue weighted by atomic mass is 10.3. The molecule has 0 bridgehead atoms. The average molecular weight is 267 g/mol. The highest BCUT2D eigenvalue weighted by atomic mass is 16.6. The van der Waals surface area contributed by atoms with Gasteiger partial charge in [0.1, 0.15) is 6.04 Å². The van der Waals surface area contributed by atoms with Gasteiger partial charge in [0, 0.05) is 17.8 Å². The van der Waals surface area contributed by atoms with Crippen molar-refractivity contribution in [2.75, 3.05) is 12.4 Å². The number of urea groups is 1. The molecule has 0 aromatic heterocycles. The number of esters is 1. The van der Waals surface area contributed by atoms with Crippen LogP contribution in [-0.2, 0) is 9.53 Å². The number of methoxy groups -OCH3 is 1. The first kappa shape index (κ1) is 14.4. The van der Waals surface area contributed by atoms with Crippen molar-refractivity contribution in [3.63, 3.8) is 0 Å². The second-order valence-corrected chi connectivity index (χ2v) is 3.65. The molecule has 2 N–H and O–H groups in total. The Hall–Kier alpha value is -2.64. The maximum absolute atomic E-state index is 11.5. The van der Waals surface area contributed by atoms with Crippen LogP contribution in [0.1, 0.15) is 6.92 Å². The molecule has 1 atom stereocenters. The lowest BCUT2D eigenvalue weighted by molar-refractivity contribution is -0.384. The monoisotopic (exact) mass is 267 g/mol. The molecule has 0 saturated heterocycles. The van der Waals surface area contributed by atoms with Crippen molar-refractivity contribution < 1.29 is 19.2 Å². The summed E-state index contributed by atoms with van der Waals surface area (Å²) in [5, 5.41) is 15.3. The lowest BCUT2D eigenvalue weighted by Gasteiger charge is -2.12. The molecule has 102 valence electrons. The van der Waals surface area contributed by atoms with Crippen LogP contribution in [0.5, 0.6) is 0 Å². The fourth-order valence-electron chi connectivity index (χ4n) is 1.30. The third-order valence-electron chi connectivity index (χ3n) is 2.22. The summed E-state index contributed by atoms with van der Waals surface area (Å²) in [6.45, 7) is 1.46. The van der Waals surface area contributed by atoms with Crippen molar-refractivity contribution >= 4 is 23.4 Å². The summed E-state index contributed by atoms with van der Waals surface area (Å²) in [7, 11) is 1.21. The van der Waals surface area contributed by atoms with Gasteiger partial charge >= 0.3 is 12.0 Å². The van der Waals surface area contributed by atoms with Crippen LogP contribution in [0.2, 0.25) is 0 Å². The predicted molar refractivity (Wildman–Crippen MR) is 66.7 cm³/mol. The molecule has 0 spiro atoms. The van der Waals surface area contributed by atoms with Crippen molar-refractivity contribution in [1.82, 2.24) is 5.32 Å². The molecule has 0 aliphatic rings. The number of nitrogens with one attached hydrogen (secondary N) is 2. The molecule has 1 aromatic carbocycles. The largest absolute Gasteiger partial charge is 0.467 e. The number of carbonyl (C=O) groups is 2. The Morgan fingerprint density at radius 1 is 1.42 bits per heavy atom. The van der Waals surface area contributed by atoms with Crippen LogP contribution in [0, 0.1) is 10.1 Å². The third-order valence-corrected chi connectivity index (χ3v) is 2.22. The highest BCUT2D eigenvalue weighted by Gasteiger charge is 2.16. The van der Waals surface area contributed by atoms with E-state index in [4.69, 9.17) is 0 Å². The van der Waals surface area contributed by atoms with Crippen molar-refractivity contribution in [3.8, 4) is 0 Å². The van der Waals surface area contributed by atoms with Crippen LogP contribution >= 0.6 is 0 Å². The minimum Gasteiger partial charge on any atom is -0.467 e. The highest BCUT2D eigenvalue weighted by Crippen LogP contribution is 2.16. The molecule has 1 unspecified atom stereocenters. The summed E-state index contributed by atoms with van der Waals surface area (Å²) in [5.74, 6) is -0.589. The quantitative estimate of drug-likeness (QED) is 0.485. The van der Waals surface area contributed by atoms with Crippen molar-refractivity contribution in [2.45, 2.75) is 13.0 Å². The number of nitro benzene ring substituents is 1. The van der Waals surface area contributed by atoms with Gasteiger partial charge in [0.15, 0.2) is 0 Å². The minimum absolute atomic E-state index is 0.140. The van der Waals surface area contributed by atoms with E-state index in [0.29, 0.717) is 0 Å². The van der Waals surface area contributed by atoms with Gasteiger partial charge in [-0.3, -0.25) is 10.1 Å². The zero-order valence-electron chi connectivity index (χ0n) is 10.4. The molecule has 0 aliphatic heterocycles. The van der Waals surface area contributed by atoms with Crippen molar-refractivity contribution in [2.24, 2.45) is 0 Å². The molecule has 0 aliphatic carbocycles. The molecule has 1 rings (SSSR count). The number of nitrogens with zero attached hydrogens (tertiary/aromatic N) is 1. The van der Waals surface area contributed by atoms with Gasteiger partial charge in [-0.2, -0.15) is 0 Å². The zero-order chi connectivity index (χ0) is 14.4. The SMILES string of the molecule is COC(=O)C(C)NC(=O)Nc1cccc([N+](=O)[O-])c1. The second kappa shape index (κ2) is 6.34. The molecular weight excluding hydrogens is 254 g/mol. The highest BCUT2D eigenvalue weighted by molar-refractivity contribution is 5.92. The van der Waals surface area contributed by atoms with E-state index < -0.39 is 23.0 Å². The van der Waals surface area contributed by atoms with Gasteiger partial charge < -0.3 is 15.4 Å². The van der Waals surface area contributed by atoms with Gasteiger partial charge in [-0.15, -0.1) is 0 Å². The van der Waals surface area contributed by atoms with Crippen molar-refractivity contribution in [3.05, 3.63) is 34.4 Å². The van der Waals surface area contributed by atoms with Gasteiger partial charge in [-0.25, -0.2) is 9.59 Å². The number of non-ortho nitro benzene ring substituents is 1. The Morgan fingerprint density at radius 2 is 2.11 bits per heavy atom. The first-order valence-electron chi connectivity index (χ1n) is 5.34. The Morgan fingerprint density at radius 3 is 2.68 bits per heavy atom. The topological polar surface area (TPSA) is 111 Å². The average Bonchev–Trinajstić information content (AvgIpc) is 2.37. The van der Waals surface area contributed by atoms with E-state index in [-0.39, 0.29) is 11.4 Å². The Kier molecular flexibility index (Phi) is 4.81. The fourth-order valence-corrected chi connectivity index (χ4v) is 1.30. The molecule has 0 saturated carbocycles. The van der Waals surface area contributed by atoms with E-state index in [9.17, 15) is 19.7 Å². The van der Waals surface area contributed by atoms with Crippen LogP contribution in [0.15, 0.2) is 24.3 Å². The van der Waals surface area contributed by atoms with Crippen LogP contribution in [0.3, 0.4) is 0 Å². The van der Waals surface area contributed by atoms with Crippen LogP contribution in [0.4, 0.5) is 16.2 Å². The van der Waals surface area contributed by atoms with Gasteiger partial charge in [-0.1, -0.05) is 6.07 Å². The van der Waals surface area contributed by atoms with Gasteiger partial charge in [-0.05, 0) is 13.0 Å². The van der Waals surface area contributed by atoms with Gasteiger partial charge in [0.2, 0.25) is 0 Å². The molecule has 2 amide bonds. The molecular formula is C11H13N3O5. The predicted octanol–water partition coefficient (Wildman–Crippen LogP) is 1.28. The number of anilines is 1. The van der Waals surface area contributed by atoms with E-state index >= 15 is 0 Å². The van der Waals surface area contributed by atoms with Gasteiger partial charge in [0.05, 0.1) is 12.0 Å². The first-order valence-corrected chi connectivity index (χ1v) is 5.34. The summed E-state index contributed by atoms with van der Waals surface area (Å²) >= 11 is 0. The summed E-state index contributed by atoms with van der Waals surface area (Å²) in [6, 6.07) is 3.98. The molecule has 8 heteroatoms. The molecule has 19 heavy (non-hydrogen) atoms. The van der Waals surface area contributed by atoms with Crippen LogP contribution < -0.4 is 10.6 Å². The van der Waals surface area contributed by atoms with E-state index in [1.54, 1.807) is 0 Å².